The first-order chi connectivity index (χ1) is 9.22. The SMILES string of the molecule is CCCn1cc(NC(C)c2ccc(OC)cc2)cn1. The molecule has 0 saturated heterocycles. The van der Waals surface area contributed by atoms with E-state index in [9.17, 15) is 0 Å². The Morgan fingerprint density at radius 1 is 1.32 bits per heavy atom. The molecular formula is C15H21N3O. The third-order valence-corrected chi connectivity index (χ3v) is 3.08. The lowest BCUT2D eigenvalue weighted by molar-refractivity contribution is 0.414. The van der Waals surface area contributed by atoms with E-state index in [1.54, 1.807) is 7.11 Å². The Morgan fingerprint density at radius 3 is 2.68 bits per heavy atom. The van der Waals surface area contributed by atoms with Crippen molar-refractivity contribution < 1.29 is 4.74 Å². The normalized spacial score (nSPS) is 12.2. The van der Waals surface area contributed by atoms with Gasteiger partial charge in [0.1, 0.15) is 5.75 Å². The second-order valence-corrected chi connectivity index (χ2v) is 4.63. The van der Waals surface area contributed by atoms with Crippen LogP contribution in [0.3, 0.4) is 0 Å². The molecule has 0 aliphatic carbocycles. The number of aromatic nitrogens is 2. The summed E-state index contributed by atoms with van der Waals surface area (Å²) in [6, 6.07) is 8.35. The molecule has 1 heterocycles. The summed E-state index contributed by atoms with van der Waals surface area (Å²) < 4.78 is 7.13. The zero-order chi connectivity index (χ0) is 13.7. The molecule has 0 bridgehead atoms. The number of ether oxygens (including phenoxy) is 1. The van der Waals surface area contributed by atoms with Gasteiger partial charge in [0, 0.05) is 18.8 Å². The van der Waals surface area contributed by atoms with Crippen LogP contribution in [-0.4, -0.2) is 16.9 Å². The third-order valence-electron chi connectivity index (χ3n) is 3.08. The summed E-state index contributed by atoms with van der Waals surface area (Å²) in [5.74, 6) is 0.881. The maximum absolute atomic E-state index is 5.16. The summed E-state index contributed by atoms with van der Waals surface area (Å²) in [6.45, 7) is 5.24. The van der Waals surface area contributed by atoms with E-state index in [4.69, 9.17) is 4.74 Å². The largest absolute Gasteiger partial charge is 0.497 e. The van der Waals surface area contributed by atoms with Gasteiger partial charge in [0.15, 0.2) is 0 Å². The van der Waals surface area contributed by atoms with Gasteiger partial charge in [-0.1, -0.05) is 19.1 Å². The summed E-state index contributed by atoms with van der Waals surface area (Å²) in [5, 5.41) is 7.76. The van der Waals surface area contributed by atoms with Crippen LogP contribution in [0.2, 0.25) is 0 Å². The van der Waals surface area contributed by atoms with E-state index >= 15 is 0 Å². The number of hydrogen-bond donors (Lipinski definition) is 1. The molecule has 1 aromatic heterocycles. The van der Waals surface area contributed by atoms with E-state index in [0.717, 1.165) is 24.4 Å². The lowest BCUT2D eigenvalue weighted by Crippen LogP contribution is -2.06. The minimum absolute atomic E-state index is 0.241. The highest BCUT2D eigenvalue weighted by Crippen LogP contribution is 2.21. The Morgan fingerprint density at radius 2 is 2.05 bits per heavy atom. The Kier molecular flexibility index (Phi) is 4.44. The van der Waals surface area contributed by atoms with Gasteiger partial charge in [0.05, 0.1) is 19.0 Å². The maximum Gasteiger partial charge on any atom is 0.118 e. The number of rotatable bonds is 6. The minimum Gasteiger partial charge on any atom is -0.497 e. The number of hydrogen-bond acceptors (Lipinski definition) is 3. The molecule has 0 saturated carbocycles. The van der Waals surface area contributed by atoms with Crippen molar-refractivity contribution >= 4 is 5.69 Å². The molecule has 4 heteroatoms. The number of methoxy groups -OCH3 is 1. The molecule has 2 rings (SSSR count). The van der Waals surface area contributed by atoms with E-state index in [-0.39, 0.29) is 6.04 Å². The van der Waals surface area contributed by atoms with Crippen LogP contribution in [0.4, 0.5) is 5.69 Å². The van der Waals surface area contributed by atoms with Gasteiger partial charge < -0.3 is 10.1 Å². The van der Waals surface area contributed by atoms with Crippen LogP contribution < -0.4 is 10.1 Å². The van der Waals surface area contributed by atoms with Gasteiger partial charge in [0.25, 0.3) is 0 Å². The molecule has 0 spiro atoms. The molecule has 1 N–H and O–H groups in total. The van der Waals surface area contributed by atoms with Gasteiger partial charge in [-0.2, -0.15) is 5.10 Å². The molecular weight excluding hydrogens is 238 g/mol. The average Bonchev–Trinajstić information content (AvgIpc) is 2.86. The predicted molar refractivity (Wildman–Crippen MR) is 77.5 cm³/mol. The van der Waals surface area contributed by atoms with Crippen LogP contribution in [0.1, 0.15) is 31.9 Å². The van der Waals surface area contributed by atoms with E-state index in [2.05, 4.69) is 36.4 Å². The van der Waals surface area contributed by atoms with Crippen LogP contribution in [0.5, 0.6) is 5.75 Å². The van der Waals surface area contributed by atoms with E-state index in [1.807, 2.05) is 29.2 Å². The number of nitrogens with one attached hydrogen (secondary N) is 1. The fraction of sp³-hybridized carbons (Fsp3) is 0.400. The van der Waals surface area contributed by atoms with Crippen molar-refractivity contribution in [1.29, 1.82) is 0 Å². The smallest absolute Gasteiger partial charge is 0.118 e. The summed E-state index contributed by atoms with van der Waals surface area (Å²) in [5.41, 5.74) is 2.28. The van der Waals surface area contributed by atoms with Crippen LogP contribution in [0.15, 0.2) is 36.7 Å². The standard InChI is InChI=1S/C15H21N3O/c1-4-9-18-11-14(10-16-18)17-12(2)13-5-7-15(19-3)8-6-13/h5-8,10-12,17H,4,9H2,1-3H3. The Labute approximate surface area is 114 Å². The molecule has 0 radical (unpaired) electrons. The zero-order valence-electron chi connectivity index (χ0n) is 11.8. The second kappa shape index (κ2) is 6.27. The first-order valence-corrected chi connectivity index (χ1v) is 6.66. The number of nitrogens with zero attached hydrogens (tertiary/aromatic N) is 2. The van der Waals surface area contributed by atoms with Crippen LogP contribution in [-0.2, 0) is 6.54 Å². The van der Waals surface area contributed by atoms with Gasteiger partial charge in [0.2, 0.25) is 0 Å². The molecule has 0 amide bonds. The third kappa shape index (κ3) is 3.50. The van der Waals surface area contributed by atoms with Crippen molar-refractivity contribution in [2.75, 3.05) is 12.4 Å². The van der Waals surface area contributed by atoms with Gasteiger partial charge in [-0.15, -0.1) is 0 Å². The van der Waals surface area contributed by atoms with Crippen LogP contribution in [0.25, 0.3) is 0 Å². The lowest BCUT2D eigenvalue weighted by atomic mass is 10.1. The van der Waals surface area contributed by atoms with Crippen molar-refractivity contribution in [3.05, 3.63) is 42.2 Å². The first kappa shape index (κ1) is 13.5. The fourth-order valence-electron chi connectivity index (χ4n) is 2.02. The highest BCUT2D eigenvalue weighted by Gasteiger charge is 2.06. The molecule has 0 aliphatic heterocycles. The Bertz CT molecular complexity index is 504. The van der Waals surface area contributed by atoms with Crippen LogP contribution in [0, 0.1) is 0 Å². The van der Waals surface area contributed by atoms with Crippen molar-refractivity contribution in [1.82, 2.24) is 9.78 Å². The molecule has 2 aromatic rings. The molecule has 1 atom stereocenters. The van der Waals surface area contributed by atoms with Crippen molar-refractivity contribution in [2.45, 2.75) is 32.9 Å². The molecule has 19 heavy (non-hydrogen) atoms. The fourth-order valence-corrected chi connectivity index (χ4v) is 2.02. The van der Waals surface area contributed by atoms with E-state index in [0.29, 0.717) is 0 Å². The molecule has 0 fully saturated rings. The molecule has 102 valence electrons. The average molecular weight is 259 g/mol. The predicted octanol–water partition coefficient (Wildman–Crippen LogP) is 3.47. The highest BCUT2D eigenvalue weighted by atomic mass is 16.5. The molecule has 1 unspecified atom stereocenters. The minimum atomic E-state index is 0.241. The van der Waals surface area contributed by atoms with Crippen LogP contribution >= 0.6 is 0 Å². The number of aryl methyl sites for hydroxylation is 1. The van der Waals surface area contributed by atoms with Gasteiger partial charge >= 0.3 is 0 Å². The van der Waals surface area contributed by atoms with E-state index < -0.39 is 0 Å². The number of anilines is 1. The Balaban J connectivity index is 2.00. The summed E-state index contributed by atoms with van der Waals surface area (Å²) in [4.78, 5) is 0. The van der Waals surface area contributed by atoms with Gasteiger partial charge in [-0.25, -0.2) is 0 Å². The van der Waals surface area contributed by atoms with Gasteiger partial charge in [-0.05, 0) is 31.0 Å². The zero-order valence-corrected chi connectivity index (χ0v) is 11.8. The molecule has 0 aliphatic rings. The number of benzene rings is 1. The van der Waals surface area contributed by atoms with Gasteiger partial charge in [-0.3, -0.25) is 4.68 Å². The van der Waals surface area contributed by atoms with Crippen molar-refractivity contribution in [3.8, 4) is 5.75 Å². The maximum atomic E-state index is 5.16. The quantitative estimate of drug-likeness (QED) is 0.863. The first-order valence-electron chi connectivity index (χ1n) is 6.66. The summed E-state index contributed by atoms with van der Waals surface area (Å²) >= 11 is 0. The van der Waals surface area contributed by atoms with Crippen molar-refractivity contribution in [3.63, 3.8) is 0 Å². The molecule has 4 nitrogen and oxygen atoms in total. The van der Waals surface area contributed by atoms with E-state index in [1.165, 1.54) is 5.56 Å². The van der Waals surface area contributed by atoms with Crippen molar-refractivity contribution in [2.24, 2.45) is 0 Å². The molecule has 1 aromatic carbocycles. The summed E-state index contributed by atoms with van der Waals surface area (Å²) in [6.07, 6.45) is 5.01. The second-order valence-electron chi connectivity index (χ2n) is 4.63. The Hall–Kier alpha value is -1.97. The topological polar surface area (TPSA) is 39.1 Å². The monoisotopic (exact) mass is 259 g/mol. The highest BCUT2D eigenvalue weighted by molar-refractivity contribution is 5.42. The summed E-state index contributed by atoms with van der Waals surface area (Å²) in [7, 11) is 1.68. The lowest BCUT2D eigenvalue weighted by Gasteiger charge is -2.14.